The maximum absolute atomic E-state index is 11.9. The van der Waals surface area contributed by atoms with Gasteiger partial charge in [0.1, 0.15) is 5.75 Å². The van der Waals surface area contributed by atoms with Crippen LogP contribution in [0.1, 0.15) is 12.0 Å². The van der Waals surface area contributed by atoms with E-state index >= 15 is 0 Å². The summed E-state index contributed by atoms with van der Waals surface area (Å²) < 4.78 is 5.08. The average molecular weight is 333 g/mol. The van der Waals surface area contributed by atoms with Crippen LogP contribution in [-0.4, -0.2) is 26.1 Å². The van der Waals surface area contributed by atoms with Gasteiger partial charge in [0.15, 0.2) is 0 Å². The molecule has 23 heavy (non-hydrogen) atoms. The zero-order valence-electron chi connectivity index (χ0n) is 13.1. The molecule has 2 aromatic rings. The van der Waals surface area contributed by atoms with Crippen LogP contribution in [-0.2, 0) is 11.2 Å². The Balaban J connectivity index is 1.66. The molecule has 0 atom stereocenters. The third kappa shape index (κ3) is 5.93. The molecule has 0 saturated heterocycles. The van der Waals surface area contributed by atoms with Gasteiger partial charge in [-0.15, -0.1) is 0 Å². The molecule has 0 saturated carbocycles. The monoisotopic (exact) mass is 332 g/mol. The molecule has 0 radical (unpaired) electrons. The molecule has 0 bridgehead atoms. The van der Waals surface area contributed by atoms with Gasteiger partial charge in [0.05, 0.1) is 12.1 Å². The lowest BCUT2D eigenvalue weighted by Crippen LogP contribution is -2.23. The molecule has 1 amide bonds. The van der Waals surface area contributed by atoms with Crippen molar-refractivity contribution in [2.45, 2.75) is 12.8 Å². The van der Waals surface area contributed by atoms with E-state index in [0.29, 0.717) is 29.4 Å². The molecule has 0 aliphatic heterocycles. The van der Waals surface area contributed by atoms with E-state index in [9.17, 15) is 4.79 Å². The SMILES string of the molecule is COc1ccc(NC(=O)CCNCCc2ccccc2)cc1Cl. The molecule has 0 aliphatic rings. The second-order valence-electron chi connectivity index (χ2n) is 5.13. The minimum Gasteiger partial charge on any atom is -0.495 e. The van der Waals surface area contributed by atoms with Gasteiger partial charge < -0.3 is 15.4 Å². The zero-order chi connectivity index (χ0) is 16.5. The van der Waals surface area contributed by atoms with Crippen molar-refractivity contribution < 1.29 is 9.53 Å². The maximum Gasteiger partial charge on any atom is 0.225 e. The van der Waals surface area contributed by atoms with Crippen LogP contribution < -0.4 is 15.4 Å². The van der Waals surface area contributed by atoms with E-state index < -0.39 is 0 Å². The number of halogens is 1. The summed E-state index contributed by atoms with van der Waals surface area (Å²) in [4.78, 5) is 11.9. The Labute approximate surface area is 141 Å². The minimum atomic E-state index is -0.0431. The van der Waals surface area contributed by atoms with Gasteiger partial charge >= 0.3 is 0 Å². The number of ether oxygens (including phenoxy) is 1. The highest BCUT2D eigenvalue weighted by molar-refractivity contribution is 6.32. The number of carbonyl (C=O) groups is 1. The normalized spacial score (nSPS) is 10.3. The summed E-state index contributed by atoms with van der Waals surface area (Å²) in [6.07, 6.45) is 1.37. The number of hydrogen-bond acceptors (Lipinski definition) is 3. The minimum absolute atomic E-state index is 0.0431. The van der Waals surface area contributed by atoms with Gasteiger partial charge in [0, 0.05) is 18.7 Å². The molecular weight excluding hydrogens is 312 g/mol. The molecular formula is C18H21ClN2O2. The fourth-order valence-electron chi connectivity index (χ4n) is 2.17. The molecule has 4 nitrogen and oxygen atoms in total. The molecule has 0 aromatic heterocycles. The van der Waals surface area contributed by atoms with Gasteiger partial charge in [-0.1, -0.05) is 41.9 Å². The molecule has 0 aliphatic carbocycles. The highest BCUT2D eigenvalue weighted by Gasteiger charge is 2.05. The second kappa shape index (κ2) is 9.18. The highest BCUT2D eigenvalue weighted by atomic mass is 35.5. The van der Waals surface area contributed by atoms with Crippen molar-refractivity contribution in [3.8, 4) is 5.75 Å². The van der Waals surface area contributed by atoms with Crippen molar-refractivity contribution in [2.24, 2.45) is 0 Å². The van der Waals surface area contributed by atoms with Gasteiger partial charge in [-0.25, -0.2) is 0 Å². The molecule has 0 fully saturated rings. The summed E-state index contributed by atoms with van der Waals surface area (Å²) in [5.74, 6) is 0.547. The van der Waals surface area contributed by atoms with Gasteiger partial charge in [-0.2, -0.15) is 0 Å². The van der Waals surface area contributed by atoms with E-state index in [1.165, 1.54) is 5.56 Å². The average Bonchev–Trinajstić information content (AvgIpc) is 2.56. The van der Waals surface area contributed by atoms with Crippen LogP contribution in [0.3, 0.4) is 0 Å². The Morgan fingerprint density at radius 2 is 1.91 bits per heavy atom. The summed E-state index contributed by atoms with van der Waals surface area (Å²) in [7, 11) is 1.56. The van der Waals surface area contributed by atoms with E-state index in [-0.39, 0.29) is 5.91 Å². The summed E-state index contributed by atoms with van der Waals surface area (Å²) in [5, 5.41) is 6.58. The smallest absolute Gasteiger partial charge is 0.225 e. The van der Waals surface area contributed by atoms with Crippen molar-refractivity contribution in [1.29, 1.82) is 0 Å². The topological polar surface area (TPSA) is 50.4 Å². The van der Waals surface area contributed by atoms with Crippen molar-refractivity contribution >= 4 is 23.2 Å². The van der Waals surface area contributed by atoms with Crippen LogP contribution >= 0.6 is 11.6 Å². The molecule has 122 valence electrons. The molecule has 0 unspecified atom stereocenters. The fourth-order valence-corrected chi connectivity index (χ4v) is 2.43. The maximum atomic E-state index is 11.9. The molecule has 2 rings (SSSR count). The summed E-state index contributed by atoms with van der Waals surface area (Å²) in [6.45, 7) is 1.49. The molecule has 0 heterocycles. The summed E-state index contributed by atoms with van der Waals surface area (Å²) >= 11 is 6.03. The third-order valence-electron chi connectivity index (χ3n) is 3.40. The zero-order valence-corrected chi connectivity index (χ0v) is 13.9. The van der Waals surface area contributed by atoms with Crippen LogP contribution in [0.15, 0.2) is 48.5 Å². The summed E-state index contributed by atoms with van der Waals surface area (Å²) in [5.41, 5.74) is 1.96. The Morgan fingerprint density at radius 1 is 1.13 bits per heavy atom. The van der Waals surface area contributed by atoms with Crippen molar-refractivity contribution in [3.63, 3.8) is 0 Å². The second-order valence-corrected chi connectivity index (χ2v) is 5.54. The third-order valence-corrected chi connectivity index (χ3v) is 3.69. The molecule has 2 N–H and O–H groups in total. The predicted molar refractivity (Wildman–Crippen MR) is 94.3 cm³/mol. The number of nitrogens with one attached hydrogen (secondary N) is 2. The van der Waals surface area contributed by atoms with E-state index in [1.807, 2.05) is 18.2 Å². The first-order valence-electron chi connectivity index (χ1n) is 7.57. The van der Waals surface area contributed by atoms with Crippen LogP contribution in [0.4, 0.5) is 5.69 Å². The highest BCUT2D eigenvalue weighted by Crippen LogP contribution is 2.27. The van der Waals surface area contributed by atoms with Crippen LogP contribution in [0.5, 0.6) is 5.75 Å². The summed E-state index contributed by atoms with van der Waals surface area (Å²) in [6, 6.07) is 15.4. The lowest BCUT2D eigenvalue weighted by molar-refractivity contribution is -0.116. The first kappa shape index (κ1) is 17.3. The molecule has 5 heteroatoms. The van der Waals surface area contributed by atoms with E-state index in [1.54, 1.807) is 25.3 Å². The van der Waals surface area contributed by atoms with E-state index in [2.05, 4.69) is 22.8 Å². The van der Waals surface area contributed by atoms with Crippen LogP contribution in [0, 0.1) is 0 Å². The van der Waals surface area contributed by atoms with Gasteiger partial charge in [-0.3, -0.25) is 4.79 Å². The number of hydrogen-bond donors (Lipinski definition) is 2. The standard InChI is InChI=1S/C18H21ClN2O2/c1-23-17-8-7-15(13-16(17)19)21-18(22)10-12-20-11-9-14-5-3-2-4-6-14/h2-8,13,20H,9-12H2,1H3,(H,21,22). The van der Waals surface area contributed by atoms with Crippen molar-refractivity contribution in [3.05, 3.63) is 59.1 Å². The molecule has 2 aromatic carbocycles. The Bertz CT molecular complexity index is 632. The number of amides is 1. The van der Waals surface area contributed by atoms with Gasteiger partial charge in [0.2, 0.25) is 5.91 Å². The fraction of sp³-hybridized carbons (Fsp3) is 0.278. The predicted octanol–water partition coefficient (Wildman–Crippen LogP) is 3.51. The molecule has 0 spiro atoms. The van der Waals surface area contributed by atoms with Gasteiger partial charge in [-0.05, 0) is 36.7 Å². The van der Waals surface area contributed by atoms with E-state index in [4.69, 9.17) is 16.3 Å². The lowest BCUT2D eigenvalue weighted by Gasteiger charge is -2.08. The number of anilines is 1. The quantitative estimate of drug-likeness (QED) is 0.727. The number of carbonyl (C=O) groups excluding carboxylic acids is 1. The lowest BCUT2D eigenvalue weighted by atomic mass is 10.1. The van der Waals surface area contributed by atoms with Crippen molar-refractivity contribution in [1.82, 2.24) is 5.32 Å². The first-order chi connectivity index (χ1) is 11.2. The number of rotatable bonds is 8. The van der Waals surface area contributed by atoms with E-state index in [0.717, 1.165) is 13.0 Å². The van der Waals surface area contributed by atoms with Crippen molar-refractivity contribution in [2.75, 3.05) is 25.5 Å². The largest absolute Gasteiger partial charge is 0.495 e. The Morgan fingerprint density at radius 3 is 2.61 bits per heavy atom. The number of benzene rings is 2. The number of methoxy groups -OCH3 is 1. The van der Waals surface area contributed by atoms with Crippen LogP contribution in [0.2, 0.25) is 5.02 Å². The van der Waals surface area contributed by atoms with Gasteiger partial charge in [0.25, 0.3) is 0 Å². The first-order valence-corrected chi connectivity index (χ1v) is 7.95. The van der Waals surface area contributed by atoms with Crippen LogP contribution in [0.25, 0.3) is 0 Å². The Kier molecular flexibility index (Phi) is 6.91. The Hall–Kier alpha value is -2.04.